The lowest BCUT2D eigenvalue weighted by Gasteiger charge is -2.22. The third-order valence-electron chi connectivity index (χ3n) is 5.63. The van der Waals surface area contributed by atoms with Crippen LogP contribution in [0.15, 0.2) is 16.9 Å². The van der Waals surface area contributed by atoms with Crippen LogP contribution in [0.1, 0.15) is 12.2 Å². The van der Waals surface area contributed by atoms with E-state index < -0.39 is 15.8 Å². The second-order valence-electron chi connectivity index (χ2n) is 7.38. The van der Waals surface area contributed by atoms with Crippen molar-refractivity contribution < 1.29 is 22.7 Å². The molecule has 0 aliphatic carbocycles. The zero-order valence-electron chi connectivity index (χ0n) is 16.4. The molecule has 0 saturated carbocycles. The fourth-order valence-corrected chi connectivity index (χ4v) is 5.78. The molecule has 1 saturated heterocycles. The Hall–Kier alpha value is -2.62. The number of aromatic nitrogens is 2. The van der Waals surface area contributed by atoms with Crippen LogP contribution in [-0.2, 0) is 27.6 Å². The van der Waals surface area contributed by atoms with E-state index in [1.165, 1.54) is 14.2 Å². The predicted molar refractivity (Wildman–Crippen MR) is 106 cm³/mol. The van der Waals surface area contributed by atoms with Crippen LogP contribution < -0.4 is 15.0 Å². The van der Waals surface area contributed by atoms with Crippen LogP contribution in [0.4, 0.5) is 0 Å². The molecule has 4 rings (SSSR count). The summed E-state index contributed by atoms with van der Waals surface area (Å²) in [6.45, 7) is 1.07. The van der Waals surface area contributed by atoms with Crippen LogP contribution in [0.3, 0.4) is 0 Å². The number of carbonyl (C=O) groups is 1. The van der Waals surface area contributed by atoms with Gasteiger partial charge in [0.25, 0.3) is 5.56 Å². The van der Waals surface area contributed by atoms with Gasteiger partial charge in [-0.1, -0.05) is 0 Å². The van der Waals surface area contributed by atoms with Gasteiger partial charge in [-0.2, -0.15) is 0 Å². The minimum absolute atomic E-state index is 0.0630. The number of amides is 1. The number of rotatable bonds is 3. The lowest BCUT2D eigenvalue weighted by molar-refractivity contribution is -0.134. The first-order chi connectivity index (χ1) is 13.8. The van der Waals surface area contributed by atoms with Crippen molar-refractivity contribution in [2.45, 2.75) is 19.4 Å². The van der Waals surface area contributed by atoms with Gasteiger partial charge in [0.2, 0.25) is 5.91 Å². The molecular weight excluding hydrogens is 398 g/mol. The van der Waals surface area contributed by atoms with E-state index in [1.54, 1.807) is 21.6 Å². The molecule has 2 aliphatic rings. The van der Waals surface area contributed by atoms with E-state index in [9.17, 15) is 18.0 Å². The van der Waals surface area contributed by atoms with Crippen LogP contribution in [0, 0.1) is 5.92 Å². The maximum Gasteiger partial charge on any atom is 0.261 e. The summed E-state index contributed by atoms with van der Waals surface area (Å²) in [5, 5.41) is 0.424. The van der Waals surface area contributed by atoms with Crippen LogP contribution in [0.2, 0.25) is 0 Å². The van der Waals surface area contributed by atoms with Gasteiger partial charge in [0.05, 0.1) is 42.5 Å². The molecule has 0 radical (unpaired) electrons. The molecule has 1 atom stereocenters. The minimum atomic E-state index is -3.13. The first kappa shape index (κ1) is 19.7. The lowest BCUT2D eigenvalue weighted by Crippen LogP contribution is -2.39. The fraction of sp³-hybridized carbons (Fsp3) is 0.526. The molecule has 0 bridgehead atoms. The van der Waals surface area contributed by atoms with Crippen molar-refractivity contribution in [1.82, 2.24) is 14.5 Å². The van der Waals surface area contributed by atoms with Gasteiger partial charge >= 0.3 is 0 Å². The van der Waals surface area contributed by atoms with Gasteiger partial charge in [0.15, 0.2) is 21.3 Å². The van der Waals surface area contributed by atoms with E-state index in [0.29, 0.717) is 60.7 Å². The summed E-state index contributed by atoms with van der Waals surface area (Å²) in [4.78, 5) is 32.1. The Labute approximate surface area is 168 Å². The van der Waals surface area contributed by atoms with Crippen molar-refractivity contribution in [3.63, 3.8) is 0 Å². The summed E-state index contributed by atoms with van der Waals surface area (Å²) in [6.07, 6.45) is 0.789. The number of sulfone groups is 1. The topological polar surface area (TPSA) is 108 Å². The van der Waals surface area contributed by atoms with Crippen molar-refractivity contribution in [3.05, 3.63) is 28.3 Å². The molecule has 0 spiro atoms. The zero-order chi connectivity index (χ0) is 20.8. The SMILES string of the molecule is COc1cc2nc3n(c(=O)c2cc1OC)CCN(C(=O)C1CCS(=O)(=O)C1)CC3. The normalized spacial score (nSPS) is 20.9. The molecule has 3 heterocycles. The molecule has 1 aromatic carbocycles. The summed E-state index contributed by atoms with van der Waals surface area (Å²) in [6, 6.07) is 3.29. The number of fused-ring (bicyclic) bond motifs is 2. The van der Waals surface area contributed by atoms with E-state index in [1.807, 2.05) is 0 Å². The quantitative estimate of drug-likeness (QED) is 0.698. The van der Waals surface area contributed by atoms with Crippen molar-refractivity contribution in [1.29, 1.82) is 0 Å². The number of hydrogen-bond acceptors (Lipinski definition) is 7. The van der Waals surface area contributed by atoms with Gasteiger partial charge in [-0.15, -0.1) is 0 Å². The highest BCUT2D eigenvalue weighted by atomic mass is 32.2. The van der Waals surface area contributed by atoms with Crippen LogP contribution in [0.5, 0.6) is 11.5 Å². The number of methoxy groups -OCH3 is 2. The zero-order valence-corrected chi connectivity index (χ0v) is 17.2. The fourth-order valence-electron chi connectivity index (χ4n) is 4.05. The maximum atomic E-state index is 13.1. The largest absolute Gasteiger partial charge is 0.493 e. The number of carbonyl (C=O) groups excluding carboxylic acids is 1. The first-order valence-electron chi connectivity index (χ1n) is 9.47. The molecule has 156 valence electrons. The van der Waals surface area contributed by atoms with Crippen molar-refractivity contribution in [2.24, 2.45) is 5.92 Å². The van der Waals surface area contributed by atoms with Gasteiger partial charge in [-0.05, 0) is 12.5 Å². The van der Waals surface area contributed by atoms with Gasteiger partial charge in [-0.25, -0.2) is 13.4 Å². The number of hydrogen-bond donors (Lipinski definition) is 0. The summed E-state index contributed by atoms with van der Waals surface area (Å²) in [7, 11) is -0.102. The molecule has 9 nitrogen and oxygen atoms in total. The Morgan fingerprint density at radius 1 is 1.14 bits per heavy atom. The Balaban J connectivity index is 1.64. The second kappa shape index (κ2) is 7.33. The molecule has 10 heteroatoms. The van der Waals surface area contributed by atoms with Gasteiger partial charge in [0, 0.05) is 32.1 Å². The van der Waals surface area contributed by atoms with Crippen LogP contribution in [0.25, 0.3) is 10.9 Å². The Kier molecular flexibility index (Phi) is 4.97. The van der Waals surface area contributed by atoms with Gasteiger partial charge in [-0.3, -0.25) is 14.2 Å². The first-order valence-corrected chi connectivity index (χ1v) is 11.3. The summed E-state index contributed by atoms with van der Waals surface area (Å²) in [5.74, 6) is 0.879. The second-order valence-corrected chi connectivity index (χ2v) is 9.61. The average Bonchev–Trinajstić information content (AvgIpc) is 2.94. The van der Waals surface area contributed by atoms with Crippen molar-refractivity contribution in [2.75, 3.05) is 38.8 Å². The lowest BCUT2D eigenvalue weighted by atomic mass is 10.1. The van der Waals surface area contributed by atoms with E-state index in [0.717, 1.165) is 0 Å². The minimum Gasteiger partial charge on any atom is -0.493 e. The summed E-state index contributed by atoms with van der Waals surface area (Å²) < 4.78 is 35.6. The maximum absolute atomic E-state index is 13.1. The molecule has 1 unspecified atom stereocenters. The van der Waals surface area contributed by atoms with Crippen molar-refractivity contribution in [3.8, 4) is 11.5 Å². The summed E-state index contributed by atoms with van der Waals surface area (Å²) in [5.41, 5.74) is 0.323. The highest BCUT2D eigenvalue weighted by molar-refractivity contribution is 7.91. The van der Waals surface area contributed by atoms with E-state index in [-0.39, 0.29) is 23.0 Å². The number of nitrogens with zero attached hydrogens (tertiary/aromatic N) is 3. The van der Waals surface area contributed by atoms with E-state index in [2.05, 4.69) is 4.98 Å². The molecular formula is C19H23N3O6S. The standard InChI is InChI=1S/C19H23N3O6S/c1-27-15-9-13-14(10-16(15)28-2)20-17-3-5-21(6-7-22(17)19(13)24)18(23)12-4-8-29(25,26)11-12/h9-10,12H,3-8,11H2,1-2H3. The third kappa shape index (κ3) is 3.57. The number of ether oxygens (including phenoxy) is 2. The predicted octanol–water partition coefficient (Wildman–Crippen LogP) is 0.233. The Bertz CT molecular complexity index is 1140. The monoisotopic (exact) mass is 421 g/mol. The Morgan fingerprint density at radius 2 is 1.86 bits per heavy atom. The smallest absolute Gasteiger partial charge is 0.261 e. The van der Waals surface area contributed by atoms with Gasteiger partial charge < -0.3 is 14.4 Å². The van der Waals surface area contributed by atoms with E-state index in [4.69, 9.17) is 9.47 Å². The molecule has 0 N–H and O–H groups in total. The van der Waals surface area contributed by atoms with Crippen LogP contribution >= 0.6 is 0 Å². The molecule has 1 fully saturated rings. The molecule has 2 aromatic rings. The third-order valence-corrected chi connectivity index (χ3v) is 7.40. The molecule has 1 aromatic heterocycles. The number of benzene rings is 1. The molecule has 2 aliphatic heterocycles. The molecule has 29 heavy (non-hydrogen) atoms. The summed E-state index contributed by atoms with van der Waals surface area (Å²) >= 11 is 0. The van der Waals surface area contributed by atoms with Gasteiger partial charge in [0.1, 0.15) is 5.82 Å². The highest BCUT2D eigenvalue weighted by Gasteiger charge is 2.36. The van der Waals surface area contributed by atoms with Crippen LogP contribution in [-0.4, -0.2) is 67.6 Å². The molecule has 1 amide bonds. The Morgan fingerprint density at radius 3 is 2.52 bits per heavy atom. The average molecular weight is 421 g/mol. The highest BCUT2D eigenvalue weighted by Crippen LogP contribution is 2.30. The van der Waals surface area contributed by atoms with Crippen molar-refractivity contribution >= 4 is 26.6 Å². The van der Waals surface area contributed by atoms with E-state index >= 15 is 0 Å².